The molecule has 0 saturated heterocycles. The monoisotopic (exact) mass is 238 g/mol. The highest BCUT2D eigenvalue weighted by Gasteiger charge is 2.14. The summed E-state index contributed by atoms with van der Waals surface area (Å²) in [5.74, 6) is -1.61. The van der Waals surface area contributed by atoms with Gasteiger partial charge in [0.2, 0.25) is 0 Å². The molecule has 0 bridgehead atoms. The van der Waals surface area contributed by atoms with Crippen molar-refractivity contribution in [3.63, 3.8) is 0 Å². The van der Waals surface area contributed by atoms with Crippen molar-refractivity contribution in [2.24, 2.45) is 5.73 Å². The second-order valence-electron chi connectivity index (χ2n) is 3.42. The SMILES string of the molecule is CCOC(=O)c1cc(C[C@H](N)C(=O)O)ccn1. The van der Waals surface area contributed by atoms with Crippen LogP contribution in [0.15, 0.2) is 18.3 Å². The van der Waals surface area contributed by atoms with Crippen molar-refractivity contribution in [3.8, 4) is 0 Å². The van der Waals surface area contributed by atoms with Crippen LogP contribution in [-0.4, -0.2) is 34.7 Å². The maximum absolute atomic E-state index is 11.4. The van der Waals surface area contributed by atoms with Gasteiger partial charge in [0.15, 0.2) is 0 Å². The number of carbonyl (C=O) groups excluding carboxylic acids is 1. The van der Waals surface area contributed by atoms with Gasteiger partial charge in [0, 0.05) is 6.20 Å². The van der Waals surface area contributed by atoms with Gasteiger partial charge in [-0.2, -0.15) is 0 Å². The third-order valence-electron chi connectivity index (χ3n) is 2.08. The van der Waals surface area contributed by atoms with Crippen LogP contribution < -0.4 is 5.73 Å². The zero-order chi connectivity index (χ0) is 12.8. The number of rotatable bonds is 5. The Balaban J connectivity index is 2.79. The van der Waals surface area contributed by atoms with Gasteiger partial charge in [0.25, 0.3) is 0 Å². The molecule has 0 saturated carbocycles. The van der Waals surface area contributed by atoms with Crippen LogP contribution in [0, 0.1) is 0 Å². The van der Waals surface area contributed by atoms with E-state index in [1.807, 2.05) is 0 Å². The lowest BCUT2D eigenvalue weighted by atomic mass is 10.1. The average Bonchev–Trinajstić information content (AvgIpc) is 2.29. The van der Waals surface area contributed by atoms with Gasteiger partial charge in [0.1, 0.15) is 11.7 Å². The van der Waals surface area contributed by atoms with Crippen molar-refractivity contribution in [2.75, 3.05) is 6.61 Å². The standard InChI is InChI=1S/C11H14N2O4/c1-2-17-11(16)9-6-7(3-4-13-9)5-8(12)10(14)15/h3-4,6,8H,2,5,12H2,1H3,(H,14,15)/t8-/m0/s1. The molecular formula is C11H14N2O4. The minimum atomic E-state index is -1.08. The molecule has 1 rings (SSSR count). The molecule has 1 aromatic rings. The molecule has 1 atom stereocenters. The van der Waals surface area contributed by atoms with E-state index in [1.54, 1.807) is 13.0 Å². The molecule has 0 amide bonds. The van der Waals surface area contributed by atoms with E-state index in [4.69, 9.17) is 15.6 Å². The fraction of sp³-hybridized carbons (Fsp3) is 0.364. The summed E-state index contributed by atoms with van der Waals surface area (Å²) < 4.78 is 4.79. The van der Waals surface area contributed by atoms with E-state index < -0.39 is 18.0 Å². The van der Waals surface area contributed by atoms with E-state index in [1.165, 1.54) is 12.3 Å². The third kappa shape index (κ3) is 3.84. The molecule has 17 heavy (non-hydrogen) atoms. The molecule has 1 aromatic heterocycles. The summed E-state index contributed by atoms with van der Waals surface area (Å²) in [6.07, 6.45) is 1.57. The zero-order valence-corrected chi connectivity index (χ0v) is 9.42. The number of nitrogens with two attached hydrogens (primary N) is 1. The third-order valence-corrected chi connectivity index (χ3v) is 2.08. The number of nitrogens with zero attached hydrogens (tertiary/aromatic N) is 1. The van der Waals surface area contributed by atoms with Gasteiger partial charge in [-0.1, -0.05) is 0 Å². The summed E-state index contributed by atoms with van der Waals surface area (Å²) in [5, 5.41) is 8.67. The predicted octanol–water partition coefficient (Wildman–Crippen LogP) is 0.213. The molecule has 6 nitrogen and oxygen atoms in total. The van der Waals surface area contributed by atoms with Crippen LogP contribution in [0.3, 0.4) is 0 Å². The Kier molecular flexibility index (Phi) is 4.59. The van der Waals surface area contributed by atoms with Gasteiger partial charge in [-0.05, 0) is 31.0 Å². The molecule has 6 heteroatoms. The van der Waals surface area contributed by atoms with Gasteiger partial charge < -0.3 is 15.6 Å². The Morgan fingerprint density at radius 3 is 2.88 bits per heavy atom. The van der Waals surface area contributed by atoms with E-state index >= 15 is 0 Å². The van der Waals surface area contributed by atoms with E-state index in [9.17, 15) is 9.59 Å². The predicted molar refractivity (Wildman–Crippen MR) is 59.5 cm³/mol. The fourth-order valence-electron chi connectivity index (χ4n) is 1.26. The first kappa shape index (κ1) is 13.1. The van der Waals surface area contributed by atoms with Crippen LogP contribution in [0.1, 0.15) is 23.0 Å². The van der Waals surface area contributed by atoms with Crippen LogP contribution >= 0.6 is 0 Å². The lowest BCUT2D eigenvalue weighted by molar-refractivity contribution is -0.138. The first-order valence-corrected chi connectivity index (χ1v) is 5.15. The molecule has 1 heterocycles. The van der Waals surface area contributed by atoms with Crippen LogP contribution in [-0.2, 0) is 16.0 Å². The molecule has 0 spiro atoms. The van der Waals surface area contributed by atoms with E-state index in [0.29, 0.717) is 5.56 Å². The molecule has 92 valence electrons. The lowest BCUT2D eigenvalue weighted by Gasteiger charge is -2.07. The molecule has 0 aliphatic heterocycles. The Hall–Kier alpha value is -1.95. The van der Waals surface area contributed by atoms with Gasteiger partial charge in [0.05, 0.1) is 6.61 Å². The maximum atomic E-state index is 11.4. The van der Waals surface area contributed by atoms with Crippen LogP contribution in [0.2, 0.25) is 0 Å². The number of ether oxygens (including phenoxy) is 1. The molecule has 0 radical (unpaired) electrons. The minimum Gasteiger partial charge on any atom is -0.480 e. The molecule has 0 aliphatic rings. The summed E-state index contributed by atoms with van der Waals surface area (Å²) in [7, 11) is 0. The number of aromatic nitrogens is 1. The summed E-state index contributed by atoms with van der Waals surface area (Å²) in [5.41, 5.74) is 6.19. The van der Waals surface area contributed by atoms with Crippen molar-refractivity contribution >= 4 is 11.9 Å². The van der Waals surface area contributed by atoms with Crippen molar-refractivity contribution in [3.05, 3.63) is 29.6 Å². The van der Waals surface area contributed by atoms with Gasteiger partial charge in [-0.3, -0.25) is 4.79 Å². The smallest absolute Gasteiger partial charge is 0.356 e. The number of carbonyl (C=O) groups is 2. The number of pyridine rings is 1. The normalized spacial score (nSPS) is 11.9. The molecule has 0 aliphatic carbocycles. The fourth-order valence-corrected chi connectivity index (χ4v) is 1.26. The summed E-state index contributed by atoms with van der Waals surface area (Å²) in [4.78, 5) is 25.8. The summed E-state index contributed by atoms with van der Waals surface area (Å²) in [6.45, 7) is 1.96. The zero-order valence-electron chi connectivity index (χ0n) is 9.42. The summed E-state index contributed by atoms with van der Waals surface area (Å²) in [6, 6.07) is 2.11. The summed E-state index contributed by atoms with van der Waals surface area (Å²) >= 11 is 0. The second-order valence-corrected chi connectivity index (χ2v) is 3.42. The molecule has 3 N–H and O–H groups in total. The average molecular weight is 238 g/mol. The van der Waals surface area contributed by atoms with Crippen molar-refractivity contribution < 1.29 is 19.4 Å². The number of hydrogen-bond acceptors (Lipinski definition) is 5. The second kappa shape index (κ2) is 5.95. The van der Waals surface area contributed by atoms with Crippen molar-refractivity contribution in [1.29, 1.82) is 0 Å². The number of hydrogen-bond donors (Lipinski definition) is 2. The van der Waals surface area contributed by atoms with Crippen LogP contribution in [0.25, 0.3) is 0 Å². The molecule has 0 unspecified atom stereocenters. The Labute approximate surface area is 98.4 Å². The van der Waals surface area contributed by atoms with Crippen LogP contribution in [0.5, 0.6) is 0 Å². The maximum Gasteiger partial charge on any atom is 0.356 e. The molecule has 0 fully saturated rings. The van der Waals surface area contributed by atoms with Gasteiger partial charge >= 0.3 is 11.9 Å². The lowest BCUT2D eigenvalue weighted by Crippen LogP contribution is -2.32. The largest absolute Gasteiger partial charge is 0.480 e. The van der Waals surface area contributed by atoms with E-state index in [0.717, 1.165) is 0 Å². The number of aliphatic carboxylic acids is 1. The minimum absolute atomic E-state index is 0.143. The Morgan fingerprint density at radius 2 is 2.29 bits per heavy atom. The van der Waals surface area contributed by atoms with E-state index in [2.05, 4.69) is 4.98 Å². The number of esters is 1. The first-order valence-electron chi connectivity index (χ1n) is 5.15. The molecular weight excluding hydrogens is 224 g/mol. The Bertz CT molecular complexity index is 420. The topological polar surface area (TPSA) is 103 Å². The van der Waals surface area contributed by atoms with Crippen molar-refractivity contribution in [1.82, 2.24) is 4.98 Å². The van der Waals surface area contributed by atoms with Gasteiger partial charge in [-0.15, -0.1) is 0 Å². The van der Waals surface area contributed by atoms with E-state index in [-0.39, 0.29) is 18.7 Å². The number of carboxylic acids is 1. The highest BCUT2D eigenvalue weighted by Crippen LogP contribution is 2.06. The first-order chi connectivity index (χ1) is 8.04. The molecule has 0 aromatic carbocycles. The number of carboxylic acid groups (broad SMARTS) is 1. The van der Waals surface area contributed by atoms with Gasteiger partial charge in [-0.25, -0.2) is 9.78 Å². The van der Waals surface area contributed by atoms with Crippen molar-refractivity contribution in [2.45, 2.75) is 19.4 Å². The highest BCUT2D eigenvalue weighted by atomic mass is 16.5. The van der Waals surface area contributed by atoms with Crippen LogP contribution in [0.4, 0.5) is 0 Å². The highest BCUT2D eigenvalue weighted by molar-refractivity contribution is 5.87. The quantitative estimate of drug-likeness (QED) is 0.711. The Morgan fingerprint density at radius 1 is 1.59 bits per heavy atom.